The lowest BCUT2D eigenvalue weighted by atomic mass is 9.86. The van der Waals surface area contributed by atoms with Crippen molar-refractivity contribution >= 4 is 17.5 Å². The van der Waals surface area contributed by atoms with Gasteiger partial charge in [-0.3, -0.25) is 4.79 Å². The average molecular weight is 204 g/mol. The minimum absolute atomic E-state index is 0.0274. The van der Waals surface area contributed by atoms with Crippen LogP contribution in [0.2, 0.25) is 0 Å². The van der Waals surface area contributed by atoms with E-state index in [1.807, 2.05) is 0 Å². The van der Waals surface area contributed by atoms with Gasteiger partial charge >= 0.3 is 0 Å². The highest BCUT2D eigenvalue weighted by Gasteiger charge is 2.23. The summed E-state index contributed by atoms with van der Waals surface area (Å²) in [6, 6.07) is 0.349. The van der Waals surface area contributed by atoms with Crippen LogP contribution in [0.15, 0.2) is 0 Å². The molecule has 3 heteroatoms. The summed E-state index contributed by atoms with van der Waals surface area (Å²) in [5.74, 6) is 0.577. The van der Waals surface area contributed by atoms with Crippen LogP contribution in [0.25, 0.3) is 0 Å². The quantitative estimate of drug-likeness (QED) is 0.686. The monoisotopic (exact) mass is 203 g/mol. The Balaban J connectivity index is 2.38. The highest BCUT2D eigenvalue weighted by Crippen LogP contribution is 2.23. The molecule has 0 aliphatic heterocycles. The van der Waals surface area contributed by atoms with E-state index in [0.29, 0.717) is 12.0 Å². The van der Waals surface area contributed by atoms with Crippen molar-refractivity contribution in [3.05, 3.63) is 0 Å². The summed E-state index contributed by atoms with van der Waals surface area (Å²) in [6.45, 7) is 3.91. The number of carbonyl (C=O) groups is 1. The second-order valence-electron chi connectivity index (χ2n) is 3.99. The van der Waals surface area contributed by atoms with Crippen molar-refractivity contribution < 1.29 is 4.79 Å². The van der Waals surface area contributed by atoms with Crippen molar-refractivity contribution in [3.8, 4) is 0 Å². The lowest BCUT2D eigenvalue weighted by Gasteiger charge is -2.29. The van der Waals surface area contributed by atoms with Crippen molar-refractivity contribution in [2.75, 3.05) is 0 Å². The third kappa shape index (κ3) is 3.18. The topological polar surface area (TPSA) is 29.1 Å². The van der Waals surface area contributed by atoms with Crippen LogP contribution in [0.4, 0.5) is 0 Å². The number of amides is 1. The molecule has 1 saturated carbocycles. The van der Waals surface area contributed by atoms with Crippen LogP contribution < -0.4 is 5.32 Å². The summed E-state index contributed by atoms with van der Waals surface area (Å²) in [5, 5.41) is 2.59. The first-order chi connectivity index (χ1) is 6.11. The minimum Gasteiger partial charge on any atom is -0.352 e. The number of alkyl halides is 1. The van der Waals surface area contributed by atoms with Crippen LogP contribution in [-0.4, -0.2) is 17.3 Å². The molecular formula is C10H18ClNO. The molecule has 76 valence electrons. The molecule has 0 aromatic heterocycles. The fourth-order valence-electron chi connectivity index (χ4n) is 1.83. The van der Waals surface area contributed by atoms with E-state index in [0.717, 1.165) is 6.42 Å². The van der Waals surface area contributed by atoms with Gasteiger partial charge in [0.15, 0.2) is 0 Å². The Hall–Kier alpha value is -0.240. The Morgan fingerprint density at radius 3 is 2.62 bits per heavy atom. The van der Waals surface area contributed by atoms with Crippen LogP contribution in [0.5, 0.6) is 0 Å². The van der Waals surface area contributed by atoms with Gasteiger partial charge in [-0.05, 0) is 25.7 Å². The van der Waals surface area contributed by atoms with Gasteiger partial charge in [-0.15, -0.1) is 11.6 Å². The molecule has 0 heterocycles. The molecule has 0 radical (unpaired) electrons. The van der Waals surface area contributed by atoms with Gasteiger partial charge in [-0.1, -0.05) is 19.8 Å². The third-order valence-electron chi connectivity index (χ3n) is 2.80. The Morgan fingerprint density at radius 1 is 1.46 bits per heavy atom. The Bertz CT molecular complexity index is 182. The molecule has 1 aliphatic rings. The number of halogens is 1. The first kappa shape index (κ1) is 10.8. The molecule has 1 fully saturated rings. The third-order valence-corrected chi connectivity index (χ3v) is 3.00. The van der Waals surface area contributed by atoms with Crippen molar-refractivity contribution in [3.63, 3.8) is 0 Å². The molecule has 0 aromatic rings. The standard InChI is InChI=1S/C10H18ClNO/c1-7-5-3-4-6-9(7)12-10(13)8(2)11/h7-9H,3-6H2,1-2H3,(H,12,13). The number of rotatable bonds is 2. The van der Waals surface area contributed by atoms with Crippen molar-refractivity contribution in [1.29, 1.82) is 0 Å². The summed E-state index contributed by atoms with van der Waals surface area (Å²) in [7, 11) is 0. The Morgan fingerprint density at radius 2 is 2.08 bits per heavy atom. The van der Waals surface area contributed by atoms with Gasteiger partial charge in [0.2, 0.25) is 5.91 Å². The van der Waals surface area contributed by atoms with Gasteiger partial charge in [0.25, 0.3) is 0 Å². The zero-order chi connectivity index (χ0) is 9.84. The van der Waals surface area contributed by atoms with E-state index < -0.39 is 5.38 Å². The normalized spacial score (nSPS) is 31.0. The van der Waals surface area contributed by atoms with Gasteiger partial charge in [-0.25, -0.2) is 0 Å². The van der Waals surface area contributed by atoms with E-state index in [1.54, 1.807) is 6.92 Å². The molecule has 0 aromatic carbocycles. The van der Waals surface area contributed by atoms with Crippen LogP contribution in [0.1, 0.15) is 39.5 Å². The fraction of sp³-hybridized carbons (Fsp3) is 0.900. The second kappa shape index (κ2) is 4.85. The van der Waals surface area contributed by atoms with E-state index in [2.05, 4.69) is 12.2 Å². The molecule has 13 heavy (non-hydrogen) atoms. The summed E-state index contributed by atoms with van der Waals surface area (Å²) in [4.78, 5) is 11.3. The Labute approximate surface area is 85.0 Å². The van der Waals surface area contributed by atoms with Gasteiger partial charge in [-0.2, -0.15) is 0 Å². The van der Waals surface area contributed by atoms with E-state index in [-0.39, 0.29) is 5.91 Å². The average Bonchev–Trinajstić information content (AvgIpc) is 2.08. The maximum atomic E-state index is 11.3. The molecule has 3 unspecified atom stereocenters. The highest BCUT2D eigenvalue weighted by atomic mass is 35.5. The van der Waals surface area contributed by atoms with Crippen molar-refractivity contribution in [1.82, 2.24) is 5.32 Å². The summed E-state index contributed by atoms with van der Waals surface area (Å²) in [6.07, 6.45) is 4.86. The maximum Gasteiger partial charge on any atom is 0.237 e. The molecular weight excluding hydrogens is 186 g/mol. The minimum atomic E-state index is -0.408. The lowest BCUT2D eigenvalue weighted by Crippen LogP contribution is -2.43. The zero-order valence-corrected chi connectivity index (χ0v) is 9.10. The van der Waals surface area contributed by atoms with Gasteiger partial charge in [0, 0.05) is 6.04 Å². The molecule has 2 nitrogen and oxygen atoms in total. The van der Waals surface area contributed by atoms with Gasteiger partial charge < -0.3 is 5.32 Å². The molecule has 1 N–H and O–H groups in total. The molecule has 0 bridgehead atoms. The molecule has 1 aliphatic carbocycles. The van der Waals surface area contributed by atoms with Crippen molar-refractivity contribution in [2.24, 2.45) is 5.92 Å². The molecule has 0 spiro atoms. The second-order valence-corrected chi connectivity index (χ2v) is 4.65. The summed E-state index contributed by atoms with van der Waals surface area (Å²) >= 11 is 5.68. The Kier molecular flexibility index (Phi) is 4.04. The largest absolute Gasteiger partial charge is 0.352 e. The smallest absolute Gasteiger partial charge is 0.237 e. The van der Waals surface area contributed by atoms with Crippen LogP contribution in [0.3, 0.4) is 0 Å². The summed E-state index contributed by atoms with van der Waals surface area (Å²) < 4.78 is 0. The SMILES string of the molecule is CC(Cl)C(=O)NC1CCCCC1C. The van der Waals surface area contributed by atoms with Gasteiger partial charge in [0.05, 0.1) is 0 Å². The molecule has 0 saturated heterocycles. The molecule has 1 amide bonds. The number of hydrogen-bond acceptors (Lipinski definition) is 1. The zero-order valence-electron chi connectivity index (χ0n) is 8.35. The van der Waals surface area contributed by atoms with Crippen LogP contribution >= 0.6 is 11.6 Å². The maximum absolute atomic E-state index is 11.3. The molecule has 3 atom stereocenters. The fourth-order valence-corrected chi connectivity index (χ4v) is 1.89. The van der Waals surface area contributed by atoms with E-state index in [4.69, 9.17) is 11.6 Å². The molecule has 1 rings (SSSR count). The first-order valence-corrected chi connectivity index (χ1v) is 5.49. The lowest BCUT2D eigenvalue weighted by molar-refractivity contribution is -0.121. The van der Waals surface area contributed by atoms with E-state index in [9.17, 15) is 4.79 Å². The van der Waals surface area contributed by atoms with Crippen LogP contribution in [-0.2, 0) is 4.79 Å². The number of hydrogen-bond donors (Lipinski definition) is 1. The van der Waals surface area contributed by atoms with Gasteiger partial charge in [0.1, 0.15) is 5.38 Å². The number of carbonyl (C=O) groups excluding carboxylic acids is 1. The highest BCUT2D eigenvalue weighted by molar-refractivity contribution is 6.30. The summed E-state index contributed by atoms with van der Waals surface area (Å²) in [5.41, 5.74) is 0. The van der Waals surface area contributed by atoms with E-state index >= 15 is 0 Å². The van der Waals surface area contributed by atoms with Crippen molar-refractivity contribution in [2.45, 2.75) is 50.9 Å². The van der Waals surface area contributed by atoms with Crippen LogP contribution in [0, 0.1) is 5.92 Å². The number of nitrogens with one attached hydrogen (secondary N) is 1. The first-order valence-electron chi connectivity index (χ1n) is 5.05. The van der Waals surface area contributed by atoms with E-state index in [1.165, 1.54) is 19.3 Å². The predicted molar refractivity (Wildman–Crippen MR) is 54.9 cm³/mol. The predicted octanol–water partition coefficient (Wildman–Crippen LogP) is 2.31.